The van der Waals surface area contributed by atoms with Gasteiger partial charge < -0.3 is 0 Å². The fourth-order valence-corrected chi connectivity index (χ4v) is 3.17. The van der Waals surface area contributed by atoms with Crippen molar-refractivity contribution in [1.82, 2.24) is 0 Å². The fourth-order valence-electron chi connectivity index (χ4n) is 2.30. The molecule has 6 heteroatoms. The van der Waals surface area contributed by atoms with Crippen molar-refractivity contribution in [2.75, 3.05) is 0 Å². The van der Waals surface area contributed by atoms with E-state index in [9.17, 15) is 18.0 Å². The third kappa shape index (κ3) is 2.91. The van der Waals surface area contributed by atoms with Crippen LogP contribution in [0.4, 0.5) is 13.2 Å². The Morgan fingerprint density at radius 1 is 0.909 bits per heavy atom. The van der Waals surface area contributed by atoms with Crippen LogP contribution in [0.15, 0.2) is 58.2 Å². The molecule has 0 bridgehead atoms. The van der Waals surface area contributed by atoms with Gasteiger partial charge in [-0.1, -0.05) is 41.9 Å². The fraction of sp³-hybridized carbons (Fsp3) is 0.0625. The first-order chi connectivity index (χ1) is 10.3. The van der Waals surface area contributed by atoms with E-state index in [0.717, 1.165) is 0 Å². The van der Waals surface area contributed by atoms with Gasteiger partial charge in [-0.25, -0.2) is 0 Å². The lowest BCUT2D eigenvalue weighted by molar-refractivity contribution is -0.0328. The first kappa shape index (κ1) is 15.2. The second-order valence-corrected chi connectivity index (χ2v) is 6.21. The van der Waals surface area contributed by atoms with Gasteiger partial charge in [-0.3, -0.25) is 4.79 Å². The predicted molar refractivity (Wildman–Crippen MR) is 84.6 cm³/mol. The average molecular weight is 341 g/mol. The lowest BCUT2D eigenvalue weighted by Crippen LogP contribution is -2.01. The number of benzene rings is 2. The maximum absolute atomic E-state index is 12.6. The summed E-state index contributed by atoms with van der Waals surface area (Å²) in [6.07, 6.45) is 0. The molecule has 0 amide bonds. The molecule has 0 spiro atoms. The molecule has 0 saturated heterocycles. The molecule has 3 aromatic rings. The van der Waals surface area contributed by atoms with E-state index < -0.39 is 5.51 Å². The Morgan fingerprint density at radius 2 is 1.59 bits per heavy atom. The highest BCUT2D eigenvalue weighted by molar-refractivity contribution is 8.00. The van der Waals surface area contributed by atoms with E-state index in [4.69, 9.17) is 11.6 Å². The summed E-state index contributed by atoms with van der Waals surface area (Å²) in [4.78, 5) is 12.6. The summed E-state index contributed by atoms with van der Waals surface area (Å²) in [5, 5.41) is 2.08. The molecular weight excluding hydrogens is 333 g/mol. The van der Waals surface area contributed by atoms with E-state index in [1.807, 2.05) is 0 Å². The SMILES string of the molecule is O=c1c2cc(SC(F)(F)F)ccc2cc(Cl)c2ccccc12. The summed E-state index contributed by atoms with van der Waals surface area (Å²) in [7, 11) is 0. The number of thioether (sulfide) groups is 1. The minimum atomic E-state index is -4.40. The van der Waals surface area contributed by atoms with Crippen molar-refractivity contribution in [2.45, 2.75) is 10.4 Å². The number of halogens is 4. The van der Waals surface area contributed by atoms with Crippen molar-refractivity contribution in [3.63, 3.8) is 0 Å². The van der Waals surface area contributed by atoms with Crippen molar-refractivity contribution in [1.29, 1.82) is 0 Å². The normalized spacial score (nSPS) is 12.0. The van der Waals surface area contributed by atoms with Gasteiger partial charge in [-0.05, 0) is 35.3 Å². The van der Waals surface area contributed by atoms with Crippen molar-refractivity contribution in [3.8, 4) is 0 Å². The largest absolute Gasteiger partial charge is 0.446 e. The minimum absolute atomic E-state index is 0.0245. The molecule has 1 nitrogen and oxygen atoms in total. The first-order valence-corrected chi connectivity index (χ1v) is 7.46. The molecule has 3 aromatic carbocycles. The lowest BCUT2D eigenvalue weighted by Gasteiger charge is -2.05. The Labute approximate surface area is 132 Å². The molecule has 0 unspecified atom stereocenters. The summed E-state index contributed by atoms with van der Waals surface area (Å²) in [6.45, 7) is 0. The molecule has 3 rings (SSSR count). The van der Waals surface area contributed by atoms with Crippen LogP contribution in [0.1, 0.15) is 0 Å². The zero-order valence-electron chi connectivity index (χ0n) is 10.9. The molecule has 0 radical (unpaired) electrons. The molecule has 112 valence electrons. The predicted octanol–water partition coefficient (Wildman–Crippen LogP) is 5.62. The van der Waals surface area contributed by atoms with Crippen LogP contribution in [0.2, 0.25) is 5.02 Å². The highest BCUT2D eigenvalue weighted by Gasteiger charge is 2.29. The average Bonchev–Trinajstić information content (AvgIpc) is 2.55. The van der Waals surface area contributed by atoms with Crippen molar-refractivity contribution in [3.05, 3.63) is 63.8 Å². The maximum Gasteiger partial charge on any atom is 0.446 e. The highest BCUT2D eigenvalue weighted by atomic mass is 35.5. The monoisotopic (exact) mass is 340 g/mol. The Bertz CT molecular complexity index is 938. The molecule has 0 saturated carbocycles. The number of fused-ring (bicyclic) bond motifs is 2. The van der Waals surface area contributed by atoms with E-state index in [2.05, 4.69) is 0 Å². The van der Waals surface area contributed by atoms with Crippen LogP contribution >= 0.6 is 23.4 Å². The van der Waals surface area contributed by atoms with Gasteiger partial charge in [0.1, 0.15) is 0 Å². The molecule has 0 aliphatic heterocycles. The quantitative estimate of drug-likeness (QED) is 0.535. The third-order valence-electron chi connectivity index (χ3n) is 3.21. The van der Waals surface area contributed by atoms with Gasteiger partial charge in [0.05, 0.1) is 0 Å². The molecule has 22 heavy (non-hydrogen) atoms. The van der Waals surface area contributed by atoms with Crippen LogP contribution in [0.5, 0.6) is 0 Å². The zero-order chi connectivity index (χ0) is 15.9. The number of hydrogen-bond acceptors (Lipinski definition) is 2. The van der Waals surface area contributed by atoms with E-state index in [1.54, 1.807) is 30.3 Å². The van der Waals surface area contributed by atoms with E-state index in [1.165, 1.54) is 18.2 Å². The minimum Gasteiger partial charge on any atom is -0.289 e. The van der Waals surface area contributed by atoms with Gasteiger partial charge in [0.25, 0.3) is 0 Å². The van der Waals surface area contributed by atoms with Crippen molar-refractivity contribution < 1.29 is 13.2 Å². The van der Waals surface area contributed by atoms with Gasteiger partial charge >= 0.3 is 5.51 Å². The summed E-state index contributed by atoms with van der Waals surface area (Å²) in [5.41, 5.74) is -4.73. The van der Waals surface area contributed by atoms with Gasteiger partial charge in [-0.15, -0.1) is 0 Å². The number of hydrogen-bond donors (Lipinski definition) is 0. The number of alkyl halides is 3. The third-order valence-corrected chi connectivity index (χ3v) is 4.25. The lowest BCUT2D eigenvalue weighted by atomic mass is 10.1. The molecule has 0 aliphatic carbocycles. The van der Waals surface area contributed by atoms with Gasteiger partial charge in [0.15, 0.2) is 5.43 Å². The first-order valence-electron chi connectivity index (χ1n) is 6.26. The highest BCUT2D eigenvalue weighted by Crippen LogP contribution is 2.37. The van der Waals surface area contributed by atoms with Crippen LogP contribution in [-0.2, 0) is 0 Å². The molecule has 0 aromatic heterocycles. The van der Waals surface area contributed by atoms with Crippen LogP contribution in [0.25, 0.3) is 21.5 Å². The van der Waals surface area contributed by atoms with Crippen molar-refractivity contribution in [2.24, 2.45) is 0 Å². The molecule has 0 N–H and O–H groups in total. The Balaban J connectivity index is 2.38. The Kier molecular flexibility index (Phi) is 3.78. The molecule has 0 heterocycles. The summed E-state index contributed by atoms with van der Waals surface area (Å²) in [5.74, 6) is 0. The van der Waals surface area contributed by atoms with Crippen LogP contribution in [-0.4, -0.2) is 5.51 Å². The van der Waals surface area contributed by atoms with E-state index in [-0.39, 0.29) is 27.5 Å². The molecule has 0 atom stereocenters. The van der Waals surface area contributed by atoms with E-state index in [0.29, 0.717) is 21.2 Å². The Morgan fingerprint density at radius 3 is 2.27 bits per heavy atom. The zero-order valence-corrected chi connectivity index (χ0v) is 12.5. The standard InChI is InChI=1S/C16H8ClF3OS/c17-14-7-9-5-6-10(22-16(18,19)20)8-13(9)15(21)12-4-2-1-3-11(12)14/h1-8H. The van der Waals surface area contributed by atoms with E-state index >= 15 is 0 Å². The van der Waals surface area contributed by atoms with Crippen LogP contribution in [0.3, 0.4) is 0 Å². The summed E-state index contributed by atoms with van der Waals surface area (Å²) >= 11 is 5.97. The molecular formula is C16H8ClF3OS. The second-order valence-electron chi connectivity index (χ2n) is 4.66. The van der Waals surface area contributed by atoms with Gasteiger partial charge in [-0.2, -0.15) is 13.2 Å². The van der Waals surface area contributed by atoms with Crippen LogP contribution < -0.4 is 5.43 Å². The number of rotatable bonds is 1. The second kappa shape index (κ2) is 5.48. The maximum atomic E-state index is 12.6. The topological polar surface area (TPSA) is 17.1 Å². The Hall–Kier alpha value is -1.72. The summed E-state index contributed by atoms with van der Waals surface area (Å²) in [6, 6.07) is 12.5. The molecule has 0 aliphatic rings. The van der Waals surface area contributed by atoms with Gasteiger partial charge in [0, 0.05) is 26.1 Å². The van der Waals surface area contributed by atoms with Gasteiger partial charge in [0.2, 0.25) is 0 Å². The van der Waals surface area contributed by atoms with Crippen molar-refractivity contribution >= 4 is 44.9 Å². The molecule has 0 fully saturated rings. The van der Waals surface area contributed by atoms with Crippen LogP contribution in [0, 0.1) is 0 Å². The smallest absolute Gasteiger partial charge is 0.289 e. The summed E-state index contributed by atoms with van der Waals surface area (Å²) < 4.78 is 37.5.